The van der Waals surface area contributed by atoms with Crippen LogP contribution in [0, 0.1) is 6.92 Å². The van der Waals surface area contributed by atoms with E-state index in [1.807, 2.05) is 13.0 Å². The summed E-state index contributed by atoms with van der Waals surface area (Å²) in [5.74, 6) is 0.198. The summed E-state index contributed by atoms with van der Waals surface area (Å²) in [4.78, 5) is 15.9. The smallest absolute Gasteiger partial charge is 0.137 e. The summed E-state index contributed by atoms with van der Waals surface area (Å²) in [6.45, 7) is 6.11. The lowest BCUT2D eigenvalue weighted by Gasteiger charge is -2.09. The Morgan fingerprint density at radius 3 is 2.57 bits per heavy atom. The fourth-order valence-corrected chi connectivity index (χ4v) is 2.68. The van der Waals surface area contributed by atoms with Crippen LogP contribution < -0.4 is 0 Å². The van der Waals surface area contributed by atoms with Crippen molar-refractivity contribution in [3.05, 3.63) is 52.2 Å². The highest BCUT2D eigenvalue weighted by Crippen LogP contribution is 2.28. The molecule has 1 heterocycles. The predicted molar refractivity (Wildman–Crippen MR) is 87.8 cm³/mol. The average Bonchev–Trinajstić information content (AvgIpc) is 2.47. The Labute approximate surface area is 131 Å². The van der Waals surface area contributed by atoms with Crippen LogP contribution in [0.15, 0.2) is 30.5 Å². The number of hydrogen-bond donors (Lipinski definition) is 0. The summed E-state index contributed by atoms with van der Waals surface area (Å²) in [5.41, 5.74) is 5.24. The Hall–Kier alpha value is -1.67. The van der Waals surface area contributed by atoms with Gasteiger partial charge in [0, 0.05) is 24.6 Å². The van der Waals surface area contributed by atoms with Gasteiger partial charge in [-0.2, -0.15) is 0 Å². The quantitative estimate of drug-likeness (QED) is 0.794. The first-order valence-corrected chi connectivity index (χ1v) is 7.69. The monoisotopic (exact) mass is 301 g/mol. The lowest BCUT2D eigenvalue weighted by atomic mass is 10.0. The SMILES string of the molecule is CCC(=O)Cc1cnc(-c2ccc(CC)c(C)c2)c(Cl)c1. The van der Waals surface area contributed by atoms with Crippen LogP contribution in [0.3, 0.4) is 0 Å². The fraction of sp³-hybridized carbons (Fsp3) is 0.333. The zero-order chi connectivity index (χ0) is 15.4. The van der Waals surface area contributed by atoms with Crippen LogP contribution in [-0.4, -0.2) is 10.8 Å². The van der Waals surface area contributed by atoms with Gasteiger partial charge in [0.2, 0.25) is 0 Å². The Bertz CT molecular complexity index is 664. The van der Waals surface area contributed by atoms with Gasteiger partial charge in [-0.05, 0) is 42.2 Å². The molecule has 0 aliphatic rings. The van der Waals surface area contributed by atoms with E-state index in [2.05, 4.69) is 37.0 Å². The summed E-state index contributed by atoms with van der Waals surface area (Å²) in [6.07, 6.45) is 3.71. The molecule has 21 heavy (non-hydrogen) atoms. The van der Waals surface area contributed by atoms with Crippen molar-refractivity contribution in [2.24, 2.45) is 0 Å². The maximum absolute atomic E-state index is 11.5. The van der Waals surface area contributed by atoms with Crippen molar-refractivity contribution in [2.45, 2.75) is 40.0 Å². The van der Waals surface area contributed by atoms with Gasteiger partial charge in [-0.25, -0.2) is 0 Å². The second-order valence-corrected chi connectivity index (χ2v) is 5.65. The van der Waals surface area contributed by atoms with Crippen LogP contribution in [0.1, 0.15) is 37.0 Å². The number of aromatic nitrogens is 1. The van der Waals surface area contributed by atoms with Crippen LogP contribution in [0.2, 0.25) is 5.02 Å². The molecule has 0 bridgehead atoms. The van der Waals surface area contributed by atoms with Crippen LogP contribution in [0.25, 0.3) is 11.3 Å². The maximum atomic E-state index is 11.5. The summed E-state index contributed by atoms with van der Waals surface area (Å²) in [5, 5.41) is 0.597. The molecule has 2 nitrogen and oxygen atoms in total. The van der Waals surface area contributed by atoms with E-state index >= 15 is 0 Å². The molecule has 0 saturated carbocycles. The lowest BCUT2D eigenvalue weighted by molar-refractivity contribution is -0.118. The van der Waals surface area contributed by atoms with E-state index in [0.717, 1.165) is 23.2 Å². The molecule has 0 amide bonds. The van der Waals surface area contributed by atoms with Gasteiger partial charge in [0.05, 0.1) is 10.7 Å². The fourth-order valence-electron chi connectivity index (χ4n) is 2.38. The molecule has 1 aromatic heterocycles. The lowest BCUT2D eigenvalue weighted by Crippen LogP contribution is -2.01. The van der Waals surface area contributed by atoms with Crippen LogP contribution in [0.5, 0.6) is 0 Å². The van der Waals surface area contributed by atoms with E-state index in [9.17, 15) is 4.79 Å². The zero-order valence-corrected chi connectivity index (χ0v) is 13.5. The highest BCUT2D eigenvalue weighted by Gasteiger charge is 2.09. The number of aryl methyl sites for hydroxylation is 2. The summed E-state index contributed by atoms with van der Waals surface area (Å²) < 4.78 is 0. The first-order valence-electron chi connectivity index (χ1n) is 7.31. The molecule has 0 saturated heterocycles. The molecule has 0 fully saturated rings. The van der Waals surface area contributed by atoms with Crippen molar-refractivity contribution in [1.82, 2.24) is 4.98 Å². The number of nitrogens with zero attached hydrogens (tertiary/aromatic N) is 1. The molecule has 0 unspecified atom stereocenters. The number of hydrogen-bond acceptors (Lipinski definition) is 2. The van der Waals surface area contributed by atoms with Gasteiger partial charge in [0.25, 0.3) is 0 Å². The third-order valence-electron chi connectivity index (χ3n) is 3.69. The third-order valence-corrected chi connectivity index (χ3v) is 3.98. The third kappa shape index (κ3) is 3.70. The molecule has 0 aliphatic heterocycles. The Kier molecular flexibility index (Phi) is 5.13. The van der Waals surface area contributed by atoms with Crippen LogP contribution in [0.4, 0.5) is 0 Å². The number of ketones is 1. The number of halogens is 1. The molecule has 0 N–H and O–H groups in total. The molecule has 3 heteroatoms. The molecule has 0 atom stereocenters. The number of Topliss-reactive ketones (excluding diaryl/α,β-unsaturated/α-hetero) is 1. The van der Waals surface area contributed by atoms with Crippen molar-refractivity contribution in [1.29, 1.82) is 0 Å². The molecule has 1 aromatic carbocycles. The first kappa shape index (κ1) is 15.7. The number of rotatable bonds is 5. The zero-order valence-electron chi connectivity index (χ0n) is 12.7. The highest BCUT2D eigenvalue weighted by atomic mass is 35.5. The largest absolute Gasteiger partial charge is 0.299 e. The number of benzene rings is 1. The molecular formula is C18H20ClNO. The van der Waals surface area contributed by atoms with E-state index in [0.29, 0.717) is 17.9 Å². The average molecular weight is 302 g/mol. The molecule has 110 valence electrons. The second-order valence-electron chi connectivity index (χ2n) is 5.24. The standard InChI is InChI=1S/C18H20ClNO/c1-4-14-6-7-15(8-12(14)3)18-17(19)10-13(11-20-18)9-16(21)5-2/h6-8,10-11H,4-5,9H2,1-3H3. The van der Waals surface area contributed by atoms with Gasteiger partial charge in [-0.15, -0.1) is 0 Å². The predicted octanol–water partition coefficient (Wildman–Crippen LogP) is 4.79. The van der Waals surface area contributed by atoms with Crippen molar-refractivity contribution >= 4 is 17.4 Å². The minimum absolute atomic E-state index is 0.198. The van der Waals surface area contributed by atoms with E-state index in [1.54, 1.807) is 6.20 Å². The van der Waals surface area contributed by atoms with Crippen molar-refractivity contribution in [3.8, 4) is 11.3 Å². The highest BCUT2D eigenvalue weighted by molar-refractivity contribution is 6.33. The van der Waals surface area contributed by atoms with Crippen LogP contribution >= 0.6 is 11.6 Å². The Balaban J connectivity index is 2.32. The summed E-state index contributed by atoms with van der Waals surface area (Å²) in [6, 6.07) is 8.14. The van der Waals surface area contributed by atoms with E-state index in [4.69, 9.17) is 11.6 Å². The van der Waals surface area contributed by atoms with Crippen molar-refractivity contribution < 1.29 is 4.79 Å². The topological polar surface area (TPSA) is 30.0 Å². The van der Waals surface area contributed by atoms with Gasteiger partial charge >= 0.3 is 0 Å². The number of pyridine rings is 1. The van der Waals surface area contributed by atoms with Gasteiger partial charge in [0.1, 0.15) is 5.78 Å². The van der Waals surface area contributed by atoms with E-state index in [1.165, 1.54) is 11.1 Å². The Morgan fingerprint density at radius 1 is 1.24 bits per heavy atom. The minimum atomic E-state index is 0.198. The van der Waals surface area contributed by atoms with Gasteiger partial charge in [-0.1, -0.05) is 37.6 Å². The molecular weight excluding hydrogens is 282 g/mol. The van der Waals surface area contributed by atoms with Gasteiger partial charge in [0.15, 0.2) is 0 Å². The van der Waals surface area contributed by atoms with Gasteiger partial charge in [-0.3, -0.25) is 9.78 Å². The molecule has 0 spiro atoms. The van der Waals surface area contributed by atoms with E-state index < -0.39 is 0 Å². The van der Waals surface area contributed by atoms with Crippen molar-refractivity contribution in [3.63, 3.8) is 0 Å². The summed E-state index contributed by atoms with van der Waals surface area (Å²) >= 11 is 6.34. The summed E-state index contributed by atoms with van der Waals surface area (Å²) in [7, 11) is 0. The molecule has 2 aromatic rings. The molecule has 0 aliphatic carbocycles. The van der Waals surface area contributed by atoms with Gasteiger partial charge < -0.3 is 0 Å². The Morgan fingerprint density at radius 2 is 2.00 bits per heavy atom. The number of carbonyl (C=O) groups excluding carboxylic acids is 1. The first-order chi connectivity index (χ1) is 10.0. The van der Waals surface area contributed by atoms with E-state index in [-0.39, 0.29) is 5.78 Å². The molecule has 0 radical (unpaired) electrons. The number of carbonyl (C=O) groups is 1. The van der Waals surface area contributed by atoms with Crippen molar-refractivity contribution in [2.75, 3.05) is 0 Å². The maximum Gasteiger partial charge on any atom is 0.137 e. The second kappa shape index (κ2) is 6.86. The van der Waals surface area contributed by atoms with Crippen LogP contribution in [-0.2, 0) is 17.6 Å². The molecule has 2 rings (SSSR count). The normalized spacial score (nSPS) is 10.7. The minimum Gasteiger partial charge on any atom is -0.299 e.